The Labute approximate surface area is 437 Å². The number of benzene rings is 3. The molecule has 5 aliphatic rings. The maximum Gasteiger partial charge on any atom is 0.272 e. The van der Waals surface area contributed by atoms with E-state index in [0.717, 1.165) is 101 Å². The van der Waals surface area contributed by atoms with Gasteiger partial charge in [-0.15, -0.1) is 0 Å². The van der Waals surface area contributed by atoms with Crippen LogP contribution in [0.25, 0.3) is 10.8 Å². The Hall–Kier alpha value is -6.51. The fourth-order valence-electron chi connectivity index (χ4n) is 11.5. The minimum absolute atomic E-state index is 0.0109. The summed E-state index contributed by atoms with van der Waals surface area (Å²) in [6.45, 7) is 14.2. The molecule has 10 rings (SSSR count). The molecule has 75 heavy (non-hydrogen) atoms. The van der Waals surface area contributed by atoms with Gasteiger partial charge in [0, 0.05) is 133 Å². The molecule has 4 saturated heterocycles. The third kappa shape index (κ3) is 13.1. The number of fused-ring (bicyclic) bond motifs is 2. The lowest BCUT2D eigenvalue weighted by molar-refractivity contribution is -0.134. The first-order valence-corrected chi connectivity index (χ1v) is 26.8. The maximum atomic E-state index is 15.1. The van der Waals surface area contributed by atoms with E-state index in [9.17, 15) is 24.0 Å². The molecule has 0 bridgehead atoms. The van der Waals surface area contributed by atoms with E-state index in [1.165, 1.54) is 6.07 Å². The van der Waals surface area contributed by atoms with Crippen LogP contribution in [0.5, 0.6) is 0 Å². The normalized spacial score (nSPS) is 19.4. The van der Waals surface area contributed by atoms with Crippen molar-refractivity contribution in [2.45, 2.75) is 51.1 Å². The van der Waals surface area contributed by atoms with E-state index in [2.05, 4.69) is 51.1 Å². The standard InChI is InChI=1S/C56H69FN12O6/c57-49-11-10-41(30-50-46-8-1-2-9-47(46)55(73)62-61-50)29-48(49)56(74)68-24-22-67(23-25-68)52(70)37-64-16-12-40(13-17-64)33-65-20-18-63(19-21-65)26-28-75-27-14-59-54(72)43-6-3-5-42(31-43)44-7-4-15-69(35-44)53(71)38-66-34-45-32-58-39-60-51(45)36-66/h1-3,5-6,8-11,29,31-32,39-40,44H,4,7,12-28,30,33-38H2,(H,59,72)(H,62,73)/t44-/m0/s1. The number of likely N-dealkylation sites (tertiary alicyclic amines) is 2. The highest BCUT2D eigenvalue weighted by Gasteiger charge is 2.31. The predicted octanol–water partition coefficient (Wildman–Crippen LogP) is 3.23. The van der Waals surface area contributed by atoms with Gasteiger partial charge >= 0.3 is 0 Å². The summed E-state index contributed by atoms with van der Waals surface area (Å²) < 4.78 is 21.0. The van der Waals surface area contributed by atoms with Crippen LogP contribution in [-0.2, 0) is 33.8 Å². The van der Waals surface area contributed by atoms with Crippen molar-refractivity contribution in [3.63, 3.8) is 0 Å². The highest BCUT2D eigenvalue weighted by atomic mass is 19.1. The molecule has 0 aliphatic carbocycles. The zero-order valence-electron chi connectivity index (χ0n) is 42.8. The van der Waals surface area contributed by atoms with Crippen molar-refractivity contribution in [2.75, 3.05) is 124 Å². The largest absolute Gasteiger partial charge is 0.378 e. The van der Waals surface area contributed by atoms with Gasteiger partial charge in [0.2, 0.25) is 11.8 Å². The molecule has 0 unspecified atom stereocenters. The van der Waals surface area contributed by atoms with Gasteiger partial charge in [-0.1, -0.05) is 36.4 Å². The Bertz CT molecular complexity index is 2850. The predicted molar refractivity (Wildman–Crippen MR) is 280 cm³/mol. The lowest BCUT2D eigenvalue weighted by Gasteiger charge is -2.39. The molecular formula is C56H69FN12O6. The molecule has 19 heteroatoms. The quantitative estimate of drug-likeness (QED) is 0.130. The molecule has 0 radical (unpaired) electrons. The minimum atomic E-state index is -0.595. The van der Waals surface area contributed by atoms with Crippen LogP contribution in [0, 0.1) is 11.7 Å². The molecule has 2 aromatic heterocycles. The first-order valence-electron chi connectivity index (χ1n) is 26.8. The highest BCUT2D eigenvalue weighted by Crippen LogP contribution is 2.29. The van der Waals surface area contributed by atoms with Crippen molar-refractivity contribution in [3.05, 3.63) is 135 Å². The van der Waals surface area contributed by atoms with Crippen molar-refractivity contribution in [1.82, 2.24) is 59.8 Å². The average Bonchev–Trinajstić information content (AvgIpc) is 3.86. The van der Waals surface area contributed by atoms with Crippen LogP contribution in [0.1, 0.15) is 80.4 Å². The summed E-state index contributed by atoms with van der Waals surface area (Å²) in [6, 6.07) is 19.5. The number of aromatic nitrogens is 4. The van der Waals surface area contributed by atoms with E-state index in [1.807, 2.05) is 46.3 Å². The zero-order valence-corrected chi connectivity index (χ0v) is 42.8. The number of amides is 4. The number of piperidine rings is 2. The Balaban J connectivity index is 0.568. The number of carbonyl (C=O) groups excluding carboxylic acids is 4. The number of nitrogens with zero attached hydrogens (tertiary/aromatic N) is 10. The van der Waals surface area contributed by atoms with Gasteiger partial charge in [-0.2, -0.15) is 5.10 Å². The van der Waals surface area contributed by atoms with Gasteiger partial charge in [-0.05, 0) is 86.1 Å². The molecule has 5 aliphatic heterocycles. The number of nitrogens with one attached hydrogen (secondary N) is 2. The van der Waals surface area contributed by atoms with Crippen molar-refractivity contribution in [1.29, 1.82) is 0 Å². The molecule has 0 saturated carbocycles. The Morgan fingerprint density at radius 3 is 2.31 bits per heavy atom. The molecule has 4 fully saturated rings. The van der Waals surface area contributed by atoms with Gasteiger partial charge in [0.15, 0.2) is 0 Å². The van der Waals surface area contributed by atoms with Crippen LogP contribution in [0.3, 0.4) is 0 Å². The van der Waals surface area contributed by atoms with E-state index in [0.29, 0.717) is 119 Å². The van der Waals surface area contributed by atoms with Gasteiger partial charge in [-0.25, -0.2) is 19.5 Å². The molecule has 2 N–H and O–H groups in total. The summed E-state index contributed by atoms with van der Waals surface area (Å²) in [5, 5.41) is 11.0. The average molecular weight is 1030 g/mol. The second kappa shape index (κ2) is 24.4. The van der Waals surface area contributed by atoms with Crippen molar-refractivity contribution < 1.29 is 28.3 Å². The van der Waals surface area contributed by atoms with E-state index in [1.54, 1.807) is 35.5 Å². The Kier molecular flexibility index (Phi) is 16.9. The van der Waals surface area contributed by atoms with Gasteiger partial charge in [-0.3, -0.25) is 38.7 Å². The zero-order chi connectivity index (χ0) is 51.7. The molecular weight excluding hydrogens is 956 g/mol. The van der Waals surface area contributed by atoms with Crippen LogP contribution in [0.15, 0.2) is 84.0 Å². The van der Waals surface area contributed by atoms with Crippen LogP contribution in [-0.4, -0.2) is 203 Å². The topological polar surface area (TPSA) is 184 Å². The second-order valence-corrected chi connectivity index (χ2v) is 20.9. The SMILES string of the molecule is O=C(NCCOCCN1CCN(CC2CCN(CC(=O)N3CCN(C(=O)c4cc(Cc5n[nH]c(=O)c6ccccc56)ccc4F)CC3)CC2)CC1)c1cccc([C@H]2CCCN(C(=O)CN3Cc4cncnc4C3)C2)c1. The first kappa shape index (κ1) is 52.0. The van der Waals surface area contributed by atoms with Gasteiger partial charge in [0.25, 0.3) is 17.4 Å². The molecule has 4 amide bonds. The van der Waals surface area contributed by atoms with Crippen molar-refractivity contribution >= 4 is 34.4 Å². The molecule has 1 atom stereocenters. The fourth-order valence-corrected chi connectivity index (χ4v) is 11.5. The summed E-state index contributed by atoms with van der Waals surface area (Å²) in [5.74, 6) is -0.134. The van der Waals surface area contributed by atoms with Gasteiger partial charge in [0.1, 0.15) is 12.1 Å². The maximum absolute atomic E-state index is 15.1. The number of aromatic amines is 1. The molecule has 0 spiro atoms. The Morgan fingerprint density at radius 1 is 0.733 bits per heavy atom. The van der Waals surface area contributed by atoms with Crippen LogP contribution in [0.4, 0.5) is 4.39 Å². The number of halogens is 1. The van der Waals surface area contributed by atoms with E-state index < -0.39 is 11.7 Å². The summed E-state index contributed by atoms with van der Waals surface area (Å²) >= 11 is 0. The third-order valence-electron chi connectivity index (χ3n) is 15.9. The molecule has 7 heterocycles. The third-order valence-corrected chi connectivity index (χ3v) is 15.9. The molecule has 3 aromatic carbocycles. The van der Waals surface area contributed by atoms with Gasteiger partial charge in [0.05, 0.1) is 48.6 Å². The van der Waals surface area contributed by atoms with E-state index in [4.69, 9.17) is 4.74 Å². The smallest absolute Gasteiger partial charge is 0.272 e. The fraction of sp³-hybridized carbons (Fsp3) is 0.500. The monoisotopic (exact) mass is 1020 g/mol. The van der Waals surface area contributed by atoms with E-state index >= 15 is 4.39 Å². The number of hydrogen-bond acceptors (Lipinski definition) is 13. The molecule has 396 valence electrons. The van der Waals surface area contributed by atoms with Crippen molar-refractivity contribution in [3.8, 4) is 0 Å². The number of rotatable bonds is 17. The summed E-state index contributed by atoms with van der Waals surface area (Å²) in [5.41, 5.74) is 4.85. The lowest BCUT2D eigenvalue weighted by atomic mass is 9.89. The molecule has 18 nitrogen and oxygen atoms in total. The summed E-state index contributed by atoms with van der Waals surface area (Å²) in [6.07, 6.45) is 7.73. The highest BCUT2D eigenvalue weighted by molar-refractivity contribution is 5.95. The number of ether oxygens (including phenoxy) is 1. The Morgan fingerprint density at radius 2 is 1.49 bits per heavy atom. The van der Waals surface area contributed by atoms with E-state index in [-0.39, 0.29) is 34.8 Å². The first-order chi connectivity index (χ1) is 36.6. The van der Waals surface area contributed by atoms with Crippen molar-refractivity contribution in [2.24, 2.45) is 5.92 Å². The lowest BCUT2D eigenvalue weighted by Crippen LogP contribution is -2.53. The second-order valence-electron chi connectivity index (χ2n) is 20.9. The van der Waals surface area contributed by atoms with Crippen LogP contribution < -0.4 is 10.9 Å². The number of piperazine rings is 2. The minimum Gasteiger partial charge on any atom is -0.378 e. The number of carbonyl (C=O) groups is 4. The summed E-state index contributed by atoms with van der Waals surface area (Å²) in [4.78, 5) is 89.0. The number of H-pyrrole nitrogens is 1. The molecule has 5 aromatic rings. The van der Waals surface area contributed by atoms with Crippen LogP contribution in [0.2, 0.25) is 0 Å². The van der Waals surface area contributed by atoms with Gasteiger partial charge < -0.3 is 29.7 Å². The number of hydrogen-bond donors (Lipinski definition) is 2. The summed E-state index contributed by atoms with van der Waals surface area (Å²) in [7, 11) is 0. The van der Waals surface area contributed by atoms with Crippen LogP contribution >= 0.6 is 0 Å².